The zero-order valence-electron chi connectivity index (χ0n) is 16.8. The first kappa shape index (κ1) is 20.2. The molecule has 2 N–H and O–H groups in total. The Morgan fingerprint density at radius 1 is 1.19 bits per heavy atom. The van der Waals surface area contributed by atoms with Gasteiger partial charge in [-0.2, -0.15) is 0 Å². The maximum absolute atomic E-state index is 6.39. The van der Waals surface area contributed by atoms with Crippen LogP contribution in [0, 0.1) is 0 Å². The van der Waals surface area contributed by atoms with Crippen LogP contribution < -0.4 is 15.5 Å². The minimum atomic E-state index is 0.369. The first-order valence-electron chi connectivity index (χ1n) is 9.92. The fraction of sp³-hybridized carbons (Fsp3) is 0.650. The van der Waals surface area contributed by atoms with Gasteiger partial charge in [-0.25, -0.2) is 0 Å². The second-order valence-corrected chi connectivity index (χ2v) is 8.14. The fourth-order valence-corrected chi connectivity index (χ4v) is 4.20. The summed E-state index contributed by atoms with van der Waals surface area (Å²) in [6, 6.07) is 8.98. The highest BCUT2D eigenvalue weighted by molar-refractivity contribution is 6.33. The number of likely N-dealkylation sites (N-methyl/N-ethyl adjacent to an activating group) is 2. The molecular formula is C20H33ClN6. The highest BCUT2D eigenvalue weighted by atomic mass is 35.5. The van der Waals surface area contributed by atoms with Crippen LogP contribution in [0.3, 0.4) is 0 Å². The summed E-state index contributed by atoms with van der Waals surface area (Å²) in [5.74, 6) is 0.891. The standard InChI is InChI=1S/C20H33ClN6/c1-22-20(23-13-17-15-25(2)11-12-26(17)3)24-16-7-6-10-27(14-16)19-9-5-4-8-18(19)21/h4-5,8-9,16-17H,6-7,10-15H2,1-3H3,(H2,22,23,24). The Balaban J connectivity index is 1.52. The van der Waals surface area contributed by atoms with Crippen molar-refractivity contribution in [1.82, 2.24) is 20.4 Å². The zero-order valence-corrected chi connectivity index (χ0v) is 17.5. The molecule has 2 aliphatic rings. The van der Waals surface area contributed by atoms with Crippen LogP contribution in [0.15, 0.2) is 29.3 Å². The third-order valence-corrected chi connectivity index (χ3v) is 5.98. The number of piperidine rings is 1. The topological polar surface area (TPSA) is 46.1 Å². The van der Waals surface area contributed by atoms with Gasteiger partial charge >= 0.3 is 0 Å². The van der Waals surface area contributed by atoms with Crippen molar-refractivity contribution in [2.45, 2.75) is 24.9 Å². The summed E-state index contributed by atoms with van der Waals surface area (Å²) in [5, 5.41) is 7.97. The lowest BCUT2D eigenvalue weighted by Gasteiger charge is -2.38. The van der Waals surface area contributed by atoms with Crippen molar-refractivity contribution in [1.29, 1.82) is 0 Å². The molecule has 27 heavy (non-hydrogen) atoms. The third-order valence-electron chi connectivity index (χ3n) is 5.66. The quantitative estimate of drug-likeness (QED) is 0.603. The number of halogens is 1. The molecule has 2 heterocycles. The maximum Gasteiger partial charge on any atom is 0.191 e. The average Bonchev–Trinajstić information content (AvgIpc) is 2.68. The number of hydrogen-bond donors (Lipinski definition) is 2. The molecule has 1 aromatic rings. The molecule has 0 saturated carbocycles. The van der Waals surface area contributed by atoms with E-state index in [4.69, 9.17) is 11.6 Å². The first-order chi connectivity index (χ1) is 13.1. The van der Waals surface area contributed by atoms with Crippen molar-refractivity contribution in [3.05, 3.63) is 29.3 Å². The van der Waals surface area contributed by atoms with E-state index in [0.717, 1.165) is 68.8 Å². The van der Waals surface area contributed by atoms with Crippen molar-refractivity contribution in [3.63, 3.8) is 0 Å². The predicted octanol–water partition coefficient (Wildman–Crippen LogP) is 1.72. The molecular weight excluding hydrogens is 360 g/mol. The molecule has 2 fully saturated rings. The summed E-state index contributed by atoms with van der Waals surface area (Å²) in [6.07, 6.45) is 2.30. The van der Waals surface area contributed by atoms with E-state index in [1.54, 1.807) is 0 Å². The molecule has 2 aliphatic heterocycles. The average molecular weight is 393 g/mol. The van der Waals surface area contributed by atoms with Crippen molar-refractivity contribution < 1.29 is 0 Å². The Hall–Kier alpha value is -1.50. The molecule has 2 saturated heterocycles. The van der Waals surface area contributed by atoms with Crippen molar-refractivity contribution in [3.8, 4) is 0 Å². The molecule has 0 spiro atoms. The second kappa shape index (κ2) is 9.62. The Kier molecular flexibility index (Phi) is 7.21. The van der Waals surface area contributed by atoms with E-state index in [0.29, 0.717) is 12.1 Å². The van der Waals surface area contributed by atoms with Crippen molar-refractivity contribution in [2.24, 2.45) is 4.99 Å². The van der Waals surface area contributed by atoms with Crippen LogP contribution in [0.1, 0.15) is 12.8 Å². The molecule has 150 valence electrons. The van der Waals surface area contributed by atoms with Crippen molar-refractivity contribution in [2.75, 3.05) is 65.3 Å². The van der Waals surface area contributed by atoms with E-state index in [1.807, 2.05) is 19.2 Å². The van der Waals surface area contributed by atoms with Crippen LogP contribution in [0.4, 0.5) is 5.69 Å². The van der Waals surface area contributed by atoms with E-state index in [1.165, 1.54) is 0 Å². The van der Waals surface area contributed by atoms with Gasteiger partial charge < -0.3 is 20.4 Å². The lowest BCUT2D eigenvalue weighted by Crippen LogP contribution is -2.57. The molecule has 1 aromatic carbocycles. The Morgan fingerprint density at radius 2 is 2.00 bits per heavy atom. The minimum absolute atomic E-state index is 0.369. The van der Waals surface area contributed by atoms with E-state index in [9.17, 15) is 0 Å². The third kappa shape index (κ3) is 5.50. The molecule has 7 heteroatoms. The summed E-state index contributed by atoms with van der Waals surface area (Å²) >= 11 is 6.39. The van der Waals surface area contributed by atoms with Crippen LogP contribution in [-0.4, -0.2) is 88.3 Å². The summed E-state index contributed by atoms with van der Waals surface area (Å²) in [6.45, 7) is 6.24. The van der Waals surface area contributed by atoms with E-state index in [-0.39, 0.29) is 0 Å². The Morgan fingerprint density at radius 3 is 2.78 bits per heavy atom. The lowest BCUT2D eigenvalue weighted by atomic mass is 10.0. The van der Waals surface area contributed by atoms with Gasteiger partial charge in [0.15, 0.2) is 5.96 Å². The van der Waals surface area contributed by atoms with Gasteiger partial charge in [0.1, 0.15) is 0 Å². The second-order valence-electron chi connectivity index (χ2n) is 7.73. The molecule has 2 unspecified atom stereocenters. The number of para-hydroxylation sites is 1. The number of anilines is 1. The zero-order chi connectivity index (χ0) is 19.2. The normalized spacial score (nSPS) is 25.5. The van der Waals surface area contributed by atoms with Gasteiger partial charge in [0.25, 0.3) is 0 Å². The summed E-state index contributed by atoms with van der Waals surface area (Å²) in [7, 11) is 6.25. The van der Waals surface area contributed by atoms with Crippen LogP contribution in [0.2, 0.25) is 5.02 Å². The number of rotatable bonds is 4. The van der Waals surface area contributed by atoms with Gasteiger partial charge in [0.2, 0.25) is 0 Å². The van der Waals surface area contributed by atoms with Gasteiger partial charge in [0.05, 0.1) is 10.7 Å². The molecule has 2 atom stereocenters. The number of nitrogens with one attached hydrogen (secondary N) is 2. The predicted molar refractivity (Wildman–Crippen MR) is 115 cm³/mol. The van der Waals surface area contributed by atoms with E-state index < -0.39 is 0 Å². The van der Waals surface area contributed by atoms with E-state index in [2.05, 4.69) is 56.6 Å². The molecule has 6 nitrogen and oxygen atoms in total. The fourth-order valence-electron chi connectivity index (χ4n) is 3.95. The van der Waals surface area contributed by atoms with Crippen LogP contribution in [-0.2, 0) is 0 Å². The van der Waals surface area contributed by atoms with Gasteiger partial charge in [0, 0.05) is 58.4 Å². The van der Waals surface area contributed by atoms with Crippen LogP contribution >= 0.6 is 11.6 Å². The Labute approximate surface area is 168 Å². The molecule has 0 bridgehead atoms. The van der Waals surface area contributed by atoms with Crippen LogP contribution in [0.25, 0.3) is 0 Å². The minimum Gasteiger partial charge on any atom is -0.368 e. The molecule has 0 aromatic heterocycles. The Bertz CT molecular complexity index is 637. The summed E-state index contributed by atoms with van der Waals surface area (Å²) in [4.78, 5) is 11.6. The lowest BCUT2D eigenvalue weighted by molar-refractivity contribution is 0.116. The van der Waals surface area contributed by atoms with Gasteiger partial charge in [-0.1, -0.05) is 23.7 Å². The number of hydrogen-bond acceptors (Lipinski definition) is 4. The van der Waals surface area contributed by atoms with Gasteiger partial charge in [-0.15, -0.1) is 0 Å². The number of benzene rings is 1. The first-order valence-corrected chi connectivity index (χ1v) is 10.3. The van der Waals surface area contributed by atoms with Crippen LogP contribution in [0.5, 0.6) is 0 Å². The monoisotopic (exact) mass is 392 g/mol. The largest absolute Gasteiger partial charge is 0.368 e. The highest BCUT2D eigenvalue weighted by Crippen LogP contribution is 2.27. The van der Waals surface area contributed by atoms with E-state index >= 15 is 0 Å². The number of aliphatic imine (C=N–C) groups is 1. The van der Waals surface area contributed by atoms with Crippen molar-refractivity contribution >= 4 is 23.2 Å². The van der Waals surface area contributed by atoms with Gasteiger partial charge in [-0.05, 0) is 39.1 Å². The summed E-state index contributed by atoms with van der Waals surface area (Å²) < 4.78 is 0. The molecule has 0 aliphatic carbocycles. The SMILES string of the molecule is CN=C(NCC1CN(C)CCN1C)NC1CCCN(c2ccccc2Cl)C1. The highest BCUT2D eigenvalue weighted by Gasteiger charge is 2.24. The smallest absolute Gasteiger partial charge is 0.191 e. The molecule has 0 amide bonds. The molecule has 0 radical (unpaired) electrons. The summed E-state index contributed by atoms with van der Waals surface area (Å²) in [5.41, 5.74) is 1.13. The number of nitrogens with zero attached hydrogens (tertiary/aromatic N) is 4. The van der Waals surface area contributed by atoms with Gasteiger partial charge in [-0.3, -0.25) is 9.89 Å². The maximum atomic E-state index is 6.39. The number of guanidine groups is 1. The molecule has 3 rings (SSSR count). The number of piperazine rings is 1.